The molecule has 1 aliphatic carbocycles. The average molecular weight is 316 g/mol. The van der Waals surface area contributed by atoms with Crippen LogP contribution in [0.25, 0.3) is 0 Å². The molecule has 0 spiro atoms. The number of ether oxygens (including phenoxy) is 1. The van der Waals surface area contributed by atoms with Crippen molar-refractivity contribution in [1.29, 1.82) is 0 Å². The van der Waals surface area contributed by atoms with Gasteiger partial charge in [-0.1, -0.05) is 0 Å². The summed E-state index contributed by atoms with van der Waals surface area (Å²) in [5.74, 6) is 0.537. The van der Waals surface area contributed by atoms with Crippen LogP contribution in [-0.4, -0.2) is 27.2 Å². The van der Waals surface area contributed by atoms with Crippen LogP contribution >= 0.6 is 11.3 Å². The Morgan fingerprint density at radius 1 is 1.45 bits per heavy atom. The molecular formula is C13H20N2O3S2. The quantitative estimate of drug-likeness (QED) is 0.859. The fraction of sp³-hybridized carbons (Fsp3) is 0.692. The Morgan fingerprint density at radius 2 is 2.20 bits per heavy atom. The van der Waals surface area contributed by atoms with Crippen molar-refractivity contribution in [2.75, 3.05) is 6.61 Å². The van der Waals surface area contributed by atoms with Crippen molar-refractivity contribution in [2.24, 2.45) is 11.7 Å². The van der Waals surface area contributed by atoms with Gasteiger partial charge in [-0.05, 0) is 43.7 Å². The predicted octanol–water partition coefficient (Wildman–Crippen LogP) is 1.36. The summed E-state index contributed by atoms with van der Waals surface area (Å²) in [7, 11) is -3.46. The van der Waals surface area contributed by atoms with E-state index in [1.807, 2.05) is 6.92 Å². The Hall–Kier alpha value is -0.470. The van der Waals surface area contributed by atoms with Gasteiger partial charge in [-0.3, -0.25) is 0 Å². The molecule has 0 aromatic carbocycles. The second kappa shape index (κ2) is 5.38. The molecule has 2 unspecified atom stereocenters. The van der Waals surface area contributed by atoms with E-state index in [1.54, 1.807) is 6.07 Å². The smallest absolute Gasteiger partial charge is 0.250 e. The molecule has 2 atom stereocenters. The molecule has 1 saturated heterocycles. The first-order valence-electron chi connectivity index (χ1n) is 6.94. The molecule has 1 aromatic heterocycles. The molecule has 2 fully saturated rings. The van der Waals surface area contributed by atoms with Crippen LogP contribution < -0.4 is 10.5 Å². The minimum absolute atomic E-state index is 0.0554. The molecule has 1 saturated carbocycles. The van der Waals surface area contributed by atoms with Gasteiger partial charge in [-0.15, -0.1) is 11.3 Å². The van der Waals surface area contributed by atoms with Crippen LogP contribution in [0.1, 0.15) is 29.7 Å². The molecule has 5 nitrogen and oxygen atoms in total. The van der Waals surface area contributed by atoms with Crippen LogP contribution in [0.15, 0.2) is 10.3 Å². The Kier molecular flexibility index (Phi) is 3.89. The third-order valence-electron chi connectivity index (χ3n) is 3.98. The molecule has 2 heterocycles. The zero-order chi connectivity index (χ0) is 14.3. The SMILES string of the molecule is Cc1cc(S(=O)(=O)NC2CCOC2C2CC2)sc1CN. The molecule has 1 aromatic rings. The van der Waals surface area contributed by atoms with Crippen molar-refractivity contribution < 1.29 is 13.2 Å². The summed E-state index contributed by atoms with van der Waals surface area (Å²) < 4.78 is 33.8. The molecule has 1 aliphatic heterocycles. The van der Waals surface area contributed by atoms with E-state index in [0.29, 0.717) is 23.3 Å². The number of hydrogen-bond acceptors (Lipinski definition) is 5. The molecule has 7 heteroatoms. The van der Waals surface area contributed by atoms with Crippen molar-refractivity contribution in [1.82, 2.24) is 4.72 Å². The number of nitrogens with one attached hydrogen (secondary N) is 1. The first kappa shape index (κ1) is 14.5. The number of nitrogens with two attached hydrogens (primary N) is 1. The topological polar surface area (TPSA) is 81.4 Å². The van der Waals surface area contributed by atoms with Crippen molar-refractivity contribution in [3.05, 3.63) is 16.5 Å². The van der Waals surface area contributed by atoms with Crippen molar-refractivity contribution in [3.8, 4) is 0 Å². The molecule has 0 amide bonds. The van der Waals surface area contributed by atoms with Crippen molar-refractivity contribution >= 4 is 21.4 Å². The van der Waals surface area contributed by atoms with E-state index in [-0.39, 0.29) is 12.1 Å². The van der Waals surface area contributed by atoms with E-state index in [4.69, 9.17) is 10.5 Å². The number of aryl methyl sites for hydroxylation is 1. The van der Waals surface area contributed by atoms with Gasteiger partial charge >= 0.3 is 0 Å². The second-order valence-corrected chi connectivity index (χ2v) is 8.64. The number of thiophene rings is 1. The Labute approximate surface area is 123 Å². The summed E-state index contributed by atoms with van der Waals surface area (Å²) in [6, 6.07) is 1.62. The highest BCUT2D eigenvalue weighted by atomic mass is 32.2. The van der Waals surface area contributed by atoms with Crippen LogP contribution in [0.5, 0.6) is 0 Å². The maximum Gasteiger partial charge on any atom is 0.250 e. The average Bonchev–Trinajstić information content (AvgIpc) is 3.02. The summed E-state index contributed by atoms with van der Waals surface area (Å²) in [6.07, 6.45) is 3.12. The Morgan fingerprint density at radius 3 is 2.80 bits per heavy atom. The lowest BCUT2D eigenvalue weighted by Gasteiger charge is -2.18. The summed E-state index contributed by atoms with van der Waals surface area (Å²) in [6.45, 7) is 2.92. The van der Waals surface area contributed by atoms with Gasteiger partial charge in [0.05, 0.1) is 12.1 Å². The van der Waals surface area contributed by atoms with Gasteiger partial charge < -0.3 is 10.5 Å². The molecule has 3 rings (SSSR count). The first-order chi connectivity index (χ1) is 9.51. The van der Waals surface area contributed by atoms with E-state index >= 15 is 0 Å². The highest BCUT2D eigenvalue weighted by Crippen LogP contribution is 2.39. The number of hydrogen-bond donors (Lipinski definition) is 2. The fourth-order valence-electron chi connectivity index (χ4n) is 2.71. The van der Waals surface area contributed by atoms with E-state index < -0.39 is 10.0 Å². The van der Waals surface area contributed by atoms with Gasteiger partial charge in [0, 0.05) is 18.0 Å². The lowest BCUT2D eigenvalue weighted by molar-refractivity contribution is 0.0848. The van der Waals surface area contributed by atoms with Crippen molar-refractivity contribution in [2.45, 2.75) is 49.1 Å². The fourth-order valence-corrected chi connectivity index (χ4v) is 5.47. The molecule has 0 radical (unpaired) electrons. The number of rotatable bonds is 5. The van der Waals surface area contributed by atoms with E-state index in [2.05, 4.69) is 4.72 Å². The van der Waals surface area contributed by atoms with Gasteiger partial charge in [0.15, 0.2) is 0 Å². The molecule has 3 N–H and O–H groups in total. The molecule has 0 bridgehead atoms. The van der Waals surface area contributed by atoms with Crippen molar-refractivity contribution in [3.63, 3.8) is 0 Å². The largest absolute Gasteiger partial charge is 0.376 e. The van der Waals surface area contributed by atoms with Gasteiger partial charge in [-0.2, -0.15) is 0 Å². The van der Waals surface area contributed by atoms with Crippen LogP contribution in [0.2, 0.25) is 0 Å². The van der Waals surface area contributed by atoms with Crippen LogP contribution in [0.4, 0.5) is 0 Å². The monoisotopic (exact) mass is 316 g/mol. The van der Waals surface area contributed by atoms with E-state index in [1.165, 1.54) is 11.3 Å². The third-order valence-corrected chi connectivity index (χ3v) is 7.20. The lowest BCUT2D eigenvalue weighted by Crippen LogP contribution is -2.41. The lowest BCUT2D eigenvalue weighted by atomic mass is 10.1. The molecule has 2 aliphatic rings. The summed E-state index contributed by atoms with van der Waals surface area (Å²) in [4.78, 5) is 0.923. The predicted molar refractivity (Wildman–Crippen MR) is 78.1 cm³/mol. The first-order valence-corrected chi connectivity index (χ1v) is 9.24. The Balaban J connectivity index is 1.77. The highest BCUT2D eigenvalue weighted by molar-refractivity contribution is 7.91. The van der Waals surface area contributed by atoms with Gasteiger partial charge in [0.25, 0.3) is 0 Å². The zero-order valence-electron chi connectivity index (χ0n) is 11.5. The van der Waals surface area contributed by atoms with Crippen LogP contribution in [-0.2, 0) is 21.3 Å². The van der Waals surface area contributed by atoms with Gasteiger partial charge in [-0.25, -0.2) is 13.1 Å². The van der Waals surface area contributed by atoms with Crippen LogP contribution in [0, 0.1) is 12.8 Å². The second-order valence-electron chi connectivity index (χ2n) is 5.57. The minimum atomic E-state index is -3.46. The Bertz CT molecular complexity index is 593. The summed E-state index contributed by atoms with van der Waals surface area (Å²) >= 11 is 1.26. The highest BCUT2D eigenvalue weighted by Gasteiger charge is 2.42. The minimum Gasteiger partial charge on any atom is -0.376 e. The van der Waals surface area contributed by atoms with Gasteiger partial charge in [0.1, 0.15) is 4.21 Å². The van der Waals surface area contributed by atoms with E-state index in [0.717, 1.165) is 29.7 Å². The van der Waals surface area contributed by atoms with Gasteiger partial charge in [0.2, 0.25) is 10.0 Å². The molecule has 112 valence electrons. The molecule has 20 heavy (non-hydrogen) atoms. The maximum absolute atomic E-state index is 12.5. The normalized spacial score (nSPS) is 27.1. The standard InChI is InChI=1S/C13H20N2O3S2/c1-8-6-12(19-11(8)7-14)20(16,17)15-10-4-5-18-13(10)9-2-3-9/h6,9-10,13,15H,2-5,7,14H2,1H3. The van der Waals surface area contributed by atoms with E-state index in [9.17, 15) is 8.42 Å². The summed E-state index contributed by atoms with van der Waals surface area (Å²) in [5.41, 5.74) is 6.56. The third kappa shape index (κ3) is 2.78. The molecular weight excluding hydrogens is 296 g/mol. The summed E-state index contributed by atoms with van der Waals surface area (Å²) in [5, 5.41) is 0. The zero-order valence-corrected chi connectivity index (χ0v) is 13.1. The number of sulfonamides is 1. The van der Waals surface area contributed by atoms with Crippen LogP contribution in [0.3, 0.4) is 0 Å². The maximum atomic E-state index is 12.5.